The van der Waals surface area contributed by atoms with Crippen LogP contribution in [0, 0.1) is 0 Å². The highest BCUT2D eigenvalue weighted by atomic mass is 35.5. The molecule has 0 radical (unpaired) electrons. The van der Waals surface area contributed by atoms with E-state index in [4.69, 9.17) is 4.52 Å². The third kappa shape index (κ3) is 3.29. The first-order valence-electron chi connectivity index (χ1n) is 6.66. The Kier molecular flexibility index (Phi) is 4.98. The van der Waals surface area contributed by atoms with Crippen molar-refractivity contribution in [1.29, 1.82) is 0 Å². The molecule has 0 unspecified atom stereocenters. The summed E-state index contributed by atoms with van der Waals surface area (Å²) in [5, 5.41) is 11.2. The van der Waals surface area contributed by atoms with Crippen molar-refractivity contribution in [2.24, 2.45) is 0 Å². The van der Waals surface area contributed by atoms with E-state index >= 15 is 0 Å². The van der Waals surface area contributed by atoms with Crippen LogP contribution in [0.15, 0.2) is 28.8 Å². The van der Waals surface area contributed by atoms with E-state index in [1.165, 1.54) is 0 Å². The van der Waals surface area contributed by atoms with E-state index in [0.29, 0.717) is 5.69 Å². The summed E-state index contributed by atoms with van der Waals surface area (Å²) in [6.07, 6.45) is 2.42. The molecule has 2 N–H and O–H groups in total. The van der Waals surface area contributed by atoms with Gasteiger partial charge < -0.3 is 15.2 Å². The molecule has 0 bridgehead atoms. The fraction of sp³-hybridized carbons (Fsp3) is 0.429. The molecule has 6 heteroatoms. The van der Waals surface area contributed by atoms with Gasteiger partial charge in [0.15, 0.2) is 5.58 Å². The molecule has 1 amide bonds. The van der Waals surface area contributed by atoms with Crippen molar-refractivity contribution in [3.8, 4) is 0 Å². The van der Waals surface area contributed by atoms with Gasteiger partial charge in [0.1, 0.15) is 5.69 Å². The first kappa shape index (κ1) is 14.8. The highest BCUT2D eigenvalue weighted by molar-refractivity contribution is 5.86. The molecule has 20 heavy (non-hydrogen) atoms. The smallest absolute Gasteiger partial charge is 0.226 e. The second-order valence-electron chi connectivity index (χ2n) is 4.91. The Balaban J connectivity index is 0.00000147. The molecule has 0 aliphatic carbocycles. The van der Waals surface area contributed by atoms with Crippen LogP contribution in [0.25, 0.3) is 11.0 Å². The van der Waals surface area contributed by atoms with Gasteiger partial charge in [-0.2, -0.15) is 0 Å². The van der Waals surface area contributed by atoms with E-state index < -0.39 is 0 Å². The number of hydrogen-bond donors (Lipinski definition) is 2. The van der Waals surface area contributed by atoms with Crippen molar-refractivity contribution in [3.63, 3.8) is 0 Å². The van der Waals surface area contributed by atoms with E-state index in [-0.39, 0.29) is 30.8 Å². The Hall–Kier alpha value is -1.59. The maximum atomic E-state index is 12.0. The van der Waals surface area contributed by atoms with Crippen LogP contribution in [0.3, 0.4) is 0 Å². The van der Waals surface area contributed by atoms with Gasteiger partial charge in [-0.25, -0.2) is 0 Å². The number of hydrogen-bond acceptors (Lipinski definition) is 4. The van der Waals surface area contributed by atoms with Crippen LogP contribution >= 0.6 is 12.4 Å². The zero-order valence-corrected chi connectivity index (χ0v) is 11.9. The molecule has 5 nitrogen and oxygen atoms in total. The lowest BCUT2D eigenvalue weighted by atomic mass is 10.1. The topological polar surface area (TPSA) is 67.2 Å². The first-order valence-corrected chi connectivity index (χ1v) is 6.66. The number of amides is 1. The third-order valence-electron chi connectivity index (χ3n) is 3.44. The molecular weight excluding hydrogens is 278 g/mol. The summed E-state index contributed by atoms with van der Waals surface area (Å²) in [6.45, 7) is 1.89. The highest BCUT2D eigenvalue weighted by Gasteiger charge is 2.17. The van der Waals surface area contributed by atoms with Gasteiger partial charge >= 0.3 is 0 Å². The molecule has 0 saturated carbocycles. The van der Waals surface area contributed by atoms with Crippen molar-refractivity contribution in [3.05, 3.63) is 30.0 Å². The largest absolute Gasteiger partial charge is 0.356 e. The number of para-hydroxylation sites is 1. The number of carbonyl (C=O) groups is 1. The van der Waals surface area contributed by atoms with Gasteiger partial charge in [0, 0.05) is 18.0 Å². The van der Waals surface area contributed by atoms with Crippen molar-refractivity contribution in [1.82, 2.24) is 15.8 Å². The molecule has 1 saturated heterocycles. The molecule has 1 aliphatic heterocycles. The van der Waals surface area contributed by atoms with Crippen LogP contribution in [0.4, 0.5) is 0 Å². The Bertz CT molecular complexity index is 579. The number of rotatable bonds is 3. The van der Waals surface area contributed by atoms with E-state index in [2.05, 4.69) is 15.8 Å². The number of carbonyl (C=O) groups excluding carboxylic acids is 1. The van der Waals surface area contributed by atoms with Gasteiger partial charge in [-0.05, 0) is 31.5 Å². The molecule has 1 aliphatic rings. The number of fused-ring (bicyclic) bond motifs is 1. The molecule has 1 aromatic carbocycles. The third-order valence-corrected chi connectivity index (χ3v) is 3.44. The zero-order chi connectivity index (χ0) is 13.1. The molecular formula is C14H18ClN3O2. The number of halogens is 1. The van der Waals surface area contributed by atoms with Crippen LogP contribution in [0.5, 0.6) is 0 Å². The molecule has 1 atom stereocenters. The van der Waals surface area contributed by atoms with E-state index in [9.17, 15) is 4.79 Å². The van der Waals surface area contributed by atoms with Gasteiger partial charge in [-0.3, -0.25) is 4.79 Å². The molecule has 3 rings (SSSR count). The van der Waals surface area contributed by atoms with Crippen molar-refractivity contribution >= 4 is 29.3 Å². The van der Waals surface area contributed by atoms with E-state index in [1.54, 1.807) is 0 Å². The summed E-state index contributed by atoms with van der Waals surface area (Å²) in [6, 6.07) is 7.84. The van der Waals surface area contributed by atoms with Crippen LogP contribution in [-0.2, 0) is 11.2 Å². The average molecular weight is 296 g/mol. The molecule has 1 aromatic heterocycles. The summed E-state index contributed by atoms with van der Waals surface area (Å²) in [5.74, 6) is 0.00718. The fourth-order valence-corrected chi connectivity index (χ4v) is 2.47. The Labute approximate surface area is 123 Å². The summed E-state index contributed by atoms with van der Waals surface area (Å²) < 4.78 is 5.20. The quantitative estimate of drug-likeness (QED) is 0.904. The van der Waals surface area contributed by atoms with Crippen molar-refractivity contribution < 1.29 is 9.32 Å². The zero-order valence-electron chi connectivity index (χ0n) is 11.1. The lowest BCUT2D eigenvalue weighted by Crippen LogP contribution is -2.46. The Morgan fingerprint density at radius 1 is 1.45 bits per heavy atom. The normalized spacial score (nSPS) is 18.5. The predicted molar refractivity (Wildman–Crippen MR) is 79.0 cm³/mol. The number of nitrogens with zero attached hydrogens (tertiary/aromatic N) is 1. The summed E-state index contributed by atoms with van der Waals surface area (Å²) in [5.41, 5.74) is 1.43. The number of aromatic nitrogens is 1. The van der Waals surface area contributed by atoms with Crippen LogP contribution < -0.4 is 10.6 Å². The van der Waals surface area contributed by atoms with Crippen molar-refractivity contribution in [2.75, 3.05) is 13.1 Å². The minimum Gasteiger partial charge on any atom is -0.356 e. The standard InChI is InChI=1S/C14H17N3O2.ClH/c18-14(16-10-4-3-7-15-9-10)8-12-11-5-1-2-6-13(11)19-17-12;/h1-2,5-6,10,15H,3-4,7-9H2,(H,16,18);1H/t10-;/m0./s1. The maximum Gasteiger partial charge on any atom is 0.226 e. The predicted octanol–water partition coefficient (Wildman–Crippen LogP) is 1.66. The molecule has 2 heterocycles. The van der Waals surface area contributed by atoms with Crippen LogP contribution in [0.1, 0.15) is 18.5 Å². The van der Waals surface area contributed by atoms with Gasteiger partial charge in [0.2, 0.25) is 5.91 Å². The summed E-state index contributed by atoms with van der Waals surface area (Å²) in [7, 11) is 0. The van der Waals surface area contributed by atoms with Gasteiger partial charge in [-0.1, -0.05) is 17.3 Å². The molecule has 1 fully saturated rings. The lowest BCUT2D eigenvalue weighted by Gasteiger charge is -2.23. The second-order valence-corrected chi connectivity index (χ2v) is 4.91. The average Bonchev–Trinajstić information content (AvgIpc) is 2.83. The molecule has 108 valence electrons. The Morgan fingerprint density at radius 2 is 2.30 bits per heavy atom. The Morgan fingerprint density at radius 3 is 3.10 bits per heavy atom. The monoisotopic (exact) mass is 295 g/mol. The van der Waals surface area contributed by atoms with Gasteiger partial charge in [0.25, 0.3) is 0 Å². The molecule has 2 aromatic rings. The van der Waals surface area contributed by atoms with E-state index in [1.807, 2.05) is 24.3 Å². The second kappa shape index (κ2) is 6.72. The maximum absolute atomic E-state index is 12.0. The summed E-state index contributed by atoms with van der Waals surface area (Å²) >= 11 is 0. The van der Waals surface area contributed by atoms with Gasteiger partial charge in [-0.15, -0.1) is 12.4 Å². The number of nitrogens with one attached hydrogen (secondary N) is 2. The number of piperidine rings is 1. The van der Waals surface area contributed by atoms with E-state index in [0.717, 1.165) is 36.9 Å². The SMILES string of the molecule is Cl.O=C(Cc1noc2ccccc12)N[C@H]1CCCNC1. The molecule has 0 spiro atoms. The summed E-state index contributed by atoms with van der Waals surface area (Å²) in [4.78, 5) is 12.0. The fourth-order valence-electron chi connectivity index (χ4n) is 2.47. The first-order chi connectivity index (χ1) is 9.33. The lowest BCUT2D eigenvalue weighted by molar-refractivity contribution is -0.121. The number of benzene rings is 1. The minimum absolute atomic E-state index is 0. The van der Waals surface area contributed by atoms with Crippen LogP contribution in [-0.4, -0.2) is 30.2 Å². The van der Waals surface area contributed by atoms with Crippen molar-refractivity contribution in [2.45, 2.75) is 25.3 Å². The highest BCUT2D eigenvalue weighted by Crippen LogP contribution is 2.18. The minimum atomic E-state index is 0. The van der Waals surface area contributed by atoms with Gasteiger partial charge in [0.05, 0.1) is 6.42 Å². The van der Waals surface area contributed by atoms with Crippen LogP contribution in [0.2, 0.25) is 0 Å².